The van der Waals surface area contributed by atoms with Crippen molar-refractivity contribution in [1.29, 1.82) is 0 Å². The molecule has 3 N–H and O–H groups in total. The van der Waals surface area contributed by atoms with Crippen LogP contribution < -0.4 is 11.1 Å². The van der Waals surface area contributed by atoms with Gasteiger partial charge in [-0.05, 0) is 25.0 Å². The minimum Gasteiger partial charge on any atom is -0.370 e. The molecule has 1 aliphatic carbocycles. The van der Waals surface area contributed by atoms with Gasteiger partial charge in [0.25, 0.3) is 0 Å². The van der Waals surface area contributed by atoms with E-state index >= 15 is 0 Å². The average Bonchev–Trinajstić information content (AvgIpc) is 2.76. The van der Waals surface area contributed by atoms with Gasteiger partial charge in [-0.25, -0.2) is 0 Å². The van der Waals surface area contributed by atoms with Gasteiger partial charge in [0.2, 0.25) is 0 Å². The number of aliphatic imine (C=N–C) groups is 1. The van der Waals surface area contributed by atoms with Gasteiger partial charge in [0.15, 0.2) is 5.96 Å². The molecule has 5 heteroatoms. The summed E-state index contributed by atoms with van der Waals surface area (Å²) in [6, 6.07) is 9.94. The third kappa shape index (κ3) is 5.87. The van der Waals surface area contributed by atoms with Gasteiger partial charge in [0, 0.05) is 16.7 Å². The summed E-state index contributed by atoms with van der Waals surface area (Å²) in [6.07, 6.45) is 7.53. The van der Waals surface area contributed by atoms with E-state index in [1.165, 1.54) is 38.5 Å². The summed E-state index contributed by atoms with van der Waals surface area (Å²) in [4.78, 5) is 5.15. The molecule has 1 saturated carbocycles. The Hall–Kier alpha value is -1.36. The third-order valence-electron chi connectivity index (χ3n) is 3.77. The highest BCUT2D eigenvalue weighted by atomic mass is 32.2. The van der Waals surface area contributed by atoms with Crippen LogP contribution in [-0.4, -0.2) is 28.5 Å². The van der Waals surface area contributed by atoms with E-state index in [-0.39, 0.29) is 0 Å². The molecule has 0 bridgehead atoms. The van der Waals surface area contributed by atoms with Gasteiger partial charge in [-0.2, -0.15) is 0 Å². The fourth-order valence-electron chi connectivity index (χ4n) is 2.62. The lowest BCUT2D eigenvalue weighted by molar-refractivity contribution is 0.530. The van der Waals surface area contributed by atoms with Gasteiger partial charge in [-0.15, -0.1) is 0 Å². The minimum absolute atomic E-state index is 0.455. The summed E-state index contributed by atoms with van der Waals surface area (Å²) in [6.45, 7) is 0.493. The highest BCUT2D eigenvalue weighted by Crippen LogP contribution is 2.16. The summed E-state index contributed by atoms with van der Waals surface area (Å²) in [5.74, 6) is 1.00. The number of hydrogen-bond acceptors (Lipinski definition) is 2. The maximum absolute atomic E-state index is 12.0. The molecule has 1 fully saturated rings. The molecule has 116 valence electrons. The second-order valence-electron chi connectivity index (χ2n) is 5.46. The molecule has 0 spiro atoms. The third-order valence-corrected chi connectivity index (χ3v) is 5.12. The molecule has 21 heavy (non-hydrogen) atoms. The standard InChI is InChI=1S/C16H25N3OS/c17-16(19-14-8-4-1-2-5-9-14)18-12-13-21(20)15-10-6-3-7-11-15/h3,6-7,10-11,14H,1-2,4-5,8-9,12-13H2,(H3,17,18,19). The van der Waals surface area contributed by atoms with E-state index in [1.54, 1.807) is 0 Å². The molecule has 1 aromatic carbocycles. The van der Waals surface area contributed by atoms with E-state index in [9.17, 15) is 4.21 Å². The SMILES string of the molecule is NC(=NCCS(=O)c1ccccc1)NC1CCCCCC1. The van der Waals surface area contributed by atoms with E-state index in [2.05, 4.69) is 10.3 Å². The fourth-order valence-corrected chi connectivity index (χ4v) is 3.57. The predicted molar refractivity (Wildman–Crippen MR) is 88.8 cm³/mol. The Labute approximate surface area is 129 Å². The number of nitrogens with two attached hydrogens (primary N) is 1. The zero-order valence-electron chi connectivity index (χ0n) is 12.5. The molecule has 0 saturated heterocycles. The molecule has 0 heterocycles. The van der Waals surface area contributed by atoms with Crippen LogP contribution in [0.25, 0.3) is 0 Å². The van der Waals surface area contributed by atoms with E-state index in [1.807, 2.05) is 30.3 Å². The first-order valence-corrected chi connectivity index (χ1v) is 9.07. The number of rotatable bonds is 5. The molecule has 2 rings (SSSR count). The average molecular weight is 307 g/mol. The van der Waals surface area contributed by atoms with Crippen molar-refractivity contribution in [2.24, 2.45) is 10.7 Å². The Morgan fingerprint density at radius 2 is 1.86 bits per heavy atom. The number of hydrogen-bond donors (Lipinski definition) is 2. The summed E-state index contributed by atoms with van der Waals surface area (Å²) in [5, 5.41) is 3.30. The van der Waals surface area contributed by atoms with Crippen LogP contribution in [0.4, 0.5) is 0 Å². The largest absolute Gasteiger partial charge is 0.370 e. The summed E-state index contributed by atoms with van der Waals surface area (Å²) in [5.41, 5.74) is 5.92. The molecular formula is C16H25N3OS. The molecule has 0 aliphatic heterocycles. The van der Waals surface area contributed by atoms with Gasteiger partial charge in [-0.3, -0.25) is 9.20 Å². The van der Waals surface area contributed by atoms with E-state index in [0.29, 0.717) is 24.3 Å². The van der Waals surface area contributed by atoms with Crippen molar-refractivity contribution in [3.8, 4) is 0 Å². The van der Waals surface area contributed by atoms with Crippen LogP contribution in [0.1, 0.15) is 38.5 Å². The fraction of sp³-hybridized carbons (Fsp3) is 0.562. The van der Waals surface area contributed by atoms with E-state index in [0.717, 1.165) is 4.90 Å². The zero-order chi connectivity index (χ0) is 14.9. The monoisotopic (exact) mass is 307 g/mol. The normalized spacial score (nSPS) is 19.0. The van der Waals surface area contributed by atoms with Crippen molar-refractivity contribution < 1.29 is 4.21 Å². The second kappa shape index (κ2) is 8.82. The van der Waals surface area contributed by atoms with E-state index in [4.69, 9.17) is 5.73 Å². The summed E-state index contributed by atoms with van der Waals surface area (Å²) >= 11 is 0. The molecule has 1 aromatic rings. The lowest BCUT2D eigenvalue weighted by atomic mass is 10.1. The number of guanidine groups is 1. The van der Waals surface area contributed by atoms with Gasteiger partial charge in [0.1, 0.15) is 0 Å². The van der Waals surface area contributed by atoms with Crippen molar-refractivity contribution in [2.45, 2.75) is 49.5 Å². The summed E-state index contributed by atoms with van der Waals surface area (Å²) in [7, 11) is -1.000. The van der Waals surface area contributed by atoms with Gasteiger partial charge in [0.05, 0.1) is 17.3 Å². The van der Waals surface area contributed by atoms with Crippen LogP contribution >= 0.6 is 0 Å². The van der Waals surface area contributed by atoms with Crippen molar-refractivity contribution in [2.75, 3.05) is 12.3 Å². The maximum Gasteiger partial charge on any atom is 0.188 e. The van der Waals surface area contributed by atoms with Crippen LogP contribution in [0.3, 0.4) is 0 Å². The Balaban J connectivity index is 1.74. The smallest absolute Gasteiger partial charge is 0.188 e. The van der Waals surface area contributed by atoms with E-state index < -0.39 is 10.8 Å². The van der Waals surface area contributed by atoms with Crippen LogP contribution in [-0.2, 0) is 10.8 Å². The van der Waals surface area contributed by atoms with Gasteiger partial charge < -0.3 is 11.1 Å². The van der Waals surface area contributed by atoms with Gasteiger partial charge >= 0.3 is 0 Å². The Morgan fingerprint density at radius 1 is 1.19 bits per heavy atom. The first-order valence-electron chi connectivity index (χ1n) is 7.75. The molecule has 1 unspecified atom stereocenters. The first kappa shape index (κ1) is 16.0. The Morgan fingerprint density at radius 3 is 2.52 bits per heavy atom. The minimum atomic E-state index is -1.000. The molecule has 1 atom stereocenters. The Kier molecular flexibility index (Phi) is 6.73. The van der Waals surface area contributed by atoms with Gasteiger partial charge in [-0.1, -0.05) is 43.9 Å². The van der Waals surface area contributed by atoms with Crippen molar-refractivity contribution >= 4 is 16.8 Å². The quantitative estimate of drug-likeness (QED) is 0.499. The van der Waals surface area contributed by atoms with Crippen LogP contribution in [0, 0.1) is 0 Å². The predicted octanol–water partition coefficient (Wildman–Crippen LogP) is 2.42. The maximum atomic E-state index is 12.0. The molecule has 0 aromatic heterocycles. The second-order valence-corrected chi connectivity index (χ2v) is 7.03. The van der Waals surface area contributed by atoms with Crippen molar-refractivity contribution in [3.63, 3.8) is 0 Å². The lowest BCUT2D eigenvalue weighted by Crippen LogP contribution is -2.40. The molecule has 1 aliphatic rings. The zero-order valence-corrected chi connectivity index (χ0v) is 13.3. The number of nitrogens with one attached hydrogen (secondary N) is 1. The summed E-state index contributed by atoms with van der Waals surface area (Å²) < 4.78 is 12.0. The number of benzene rings is 1. The highest BCUT2D eigenvalue weighted by Gasteiger charge is 2.12. The van der Waals surface area contributed by atoms with Crippen LogP contribution in [0.5, 0.6) is 0 Å². The molecule has 4 nitrogen and oxygen atoms in total. The Bertz CT molecular complexity index is 468. The van der Waals surface area contributed by atoms with Crippen molar-refractivity contribution in [3.05, 3.63) is 30.3 Å². The highest BCUT2D eigenvalue weighted by molar-refractivity contribution is 7.85. The van der Waals surface area contributed by atoms with Crippen LogP contribution in [0.2, 0.25) is 0 Å². The molecule has 0 radical (unpaired) electrons. The lowest BCUT2D eigenvalue weighted by Gasteiger charge is -2.16. The molecular weight excluding hydrogens is 282 g/mol. The molecule has 0 amide bonds. The van der Waals surface area contributed by atoms with Crippen molar-refractivity contribution in [1.82, 2.24) is 5.32 Å². The number of nitrogens with zero attached hydrogens (tertiary/aromatic N) is 1. The van der Waals surface area contributed by atoms with Crippen LogP contribution in [0.15, 0.2) is 40.2 Å². The first-order chi connectivity index (χ1) is 10.3. The topological polar surface area (TPSA) is 67.5 Å².